The van der Waals surface area contributed by atoms with Gasteiger partial charge in [0.1, 0.15) is 0 Å². The van der Waals surface area contributed by atoms with Crippen LogP contribution in [-0.4, -0.2) is 42.0 Å². The molecule has 21 heavy (non-hydrogen) atoms. The summed E-state index contributed by atoms with van der Waals surface area (Å²) in [4.78, 5) is 14.8. The highest BCUT2D eigenvalue weighted by atomic mass is 35.5. The summed E-state index contributed by atoms with van der Waals surface area (Å²) in [5.41, 5.74) is 0.682. The van der Waals surface area contributed by atoms with E-state index < -0.39 is 0 Å². The van der Waals surface area contributed by atoms with Crippen LogP contribution < -0.4 is 5.32 Å². The van der Waals surface area contributed by atoms with Gasteiger partial charge in [-0.15, -0.1) is 11.8 Å². The van der Waals surface area contributed by atoms with Crippen molar-refractivity contribution in [2.45, 2.75) is 30.3 Å². The minimum atomic E-state index is -0.282. The van der Waals surface area contributed by atoms with Crippen LogP contribution >= 0.6 is 23.4 Å². The summed E-state index contributed by atoms with van der Waals surface area (Å²) in [6.45, 7) is 0.573. The van der Waals surface area contributed by atoms with Crippen molar-refractivity contribution in [1.29, 1.82) is 0 Å². The minimum absolute atomic E-state index is 0.179. The van der Waals surface area contributed by atoms with E-state index in [1.54, 1.807) is 29.8 Å². The molecule has 1 fully saturated rings. The Morgan fingerprint density at radius 1 is 1.52 bits per heavy atom. The molecular formula is C15H21ClN2O2S. The quantitative estimate of drug-likeness (QED) is 0.829. The van der Waals surface area contributed by atoms with Crippen LogP contribution in [-0.2, 0) is 0 Å². The Labute approximate surface area is 134 Å². The number of rotatable bonds is 4. The molecule has 1 saturated carbocycles. The predicted molar refractivity (Wildman–Crippen MR) is 88.2 cm³/mol. The lowest BCUT2D eigenvalue weighted by Gasteiger charge is -2.23. The predicted octanol–water partition coefficient (Wildman–Crippen LogP) is 3.69. The first kappa shape index (κ1) is 16.5. The lowest BCUT2D eigenvalue weighted by molar-refractivity contribution is 0.116. The van der Waals surface area contributed by atoms with Gasteiger partial charge < -0.3 is 15.3 Å². The number of amides is 2. The topological polar surface area (TPSA) is 52.6 Å². The normalized spacial score (nSPS) is 21.3. The number of nitrogens with one attached hydrogen (secondary N) is 1. The van der Waals surface area contributed by atoms with Crippen molar-refractivity contribution >= 4 is 35.1 Å². The fourth-order valence-electron chi connectivity index (χ4n) is 2.63. The van der Waals surface area contributed by atoms with Crippen molar-refractivity contribution in [3.05, 3.63) is 23.2 Å². The van der Waals surface area contributed by atoms with Gasteiger partial charge in [0.2, 0.25) is 0 Å². The molecule has 0 aromatic heterocycles. The molecule has 0 spiro atoms. The summed E-state index contributed by atoms with van der Waals surface area (Å²) < 4.78 is 0. The van der Waals surface area contributed by atoms with Gasteiger partial charge in [-0.1, -0.05) is 18.0 Å². The number of benzene rings is 1. The molecule has 1 aromatic carbocycles. The molecule has 116 valence electrons. The number of carbonyl (C=O) groups excluding carboxylic acids is 1. The highest BCUT2D eigenvalue weighted by molar-refractivity contribution is 7.98. The zero-order valence-corrected chi connectivity index (χ0v) is 13.9. The van der Waals surface area contributed by atoms with Gasteiger partial charge in [0.25, 0.3) is 0 Å². The first-order valence-corrected chi connectivity index (χ1v) is 8.65. The molecule has 2 amide bonds. The van der Waals surface area contributed by atoms with Crippen molar-refractivity contribution in [3.8, 4) is 0 Å². The van der Waals surface area contributed by atoms with E-state index in [0.717, 1.165) is 24.2 Å². The Hall–Kier alpha value is -0.910. The van der Waals surface area contributed by atoms with Gasteiger partial charge in [0.05, 0.1) is 11.1 Å². The van der Waals surface area contributed by atoms with Gasteiger partial charge in [-0.05, 0) is 37.3 Å². The van der Waals surface area contributed by atoms with Gasteiger partial charge in [-0.2, -0.15) is 0 Å². The van der Waals surface area contributed by atoms with Gasteiger partial charge >= 0.3 is 6.03 Å². The molecule has 0 heterocycles. The van der Waals surface area contributed by atoms with Crippen molar-refractivity contribution in [2.24, 2.45) is 5.92 Å². The second-order valence-corrected chi connectivity index (χ2v) is 6.67. The standard InChI is InChI=1S/C15H21ClN2O2S/c1-18(9-10-4-3-5-13(10)19)15(20)17-11-6-7-14(21-2)12(16)8-11/h6-8,10,13,19H,3-5,9H2,1-2H3,(H,17,20). The number of nitrogens with zero attached hydrogens (tertiary/aromatic N) is 1. The van der Waals surface area contributed by atoms with Crippen LogP contribution in [0.2, 0.25) is 5.02 Å². The Bertz CT molecular complexity index is 512. The van der Waals surface area contributed by atoms with Crippen LogP contribution in [0.15, 0.2) is 23.1 Å². The lowest BCUT2D eigenvalue weighted by atomic mass is 10.1. The smallest absolute Gasteiger partial charge is 0.321 e. The average molecular weight is 329 g/mol. The maximum Gasteiger partial charge on any atom is 0.321 e. The first-order valence-electron chi connectivity index (χ1n) is 7.05. The van der Waals surface area contributed by atoms with Gasteiger partial charge in [-0.25, -0.2) is 4.79 Å². The van der Waals surface area contributed by atoms with E-state index in [4.69, 9.17) is 11.6 Å². The second-order valence-electron chi connectivity index (χ2n) is 5.42. The summed E-state index contributed by atoms with van der Waals surface area (Å²) in [6, 6.07) is 5.31. The second kappa shape index (κ2) is 7.38. The molecule has 2 N–H and O–H groups in total. The number of urea groups is 1. The number of thioether (sulfide) groups is 1. The molecule has 4 nitrogen and oxygen atoms in total. The molecule has 0 bridgehead atoms. The minimum Gasteiger partial charge on any atom is -0.393 e. The molecular weight excluding hydrogens is 308 g/mol. The number of hydrogen-bond acceptors (Lipinski definition) is 3. The highest BCUT2D eigenvalue weighted by Gasteiger charge is 2.27. The van der Waals surface area contributed by atoms with Crippen LogP contribution in [0.5, 0.6) is 0 Å². The molecule has 6 heteroatoms. The number of carbonyl (C=O) groups is 1. The van der Waals surface area contributed by atoms with Crippen LogP contribution in [0.1, 0.15) is 19.3 Å². The van der Waals surface area contributed by atoms with Gasteiger partial charge in [0.15, 0.2) is 0 Å². The molecule has 1 aromatic rings. The molecule has 0 aliphatic heterocycles. The van der Waals surface area contributed by atoms with Crippen LogP contribution in [0.3, 0.4) is 0 Å². The number of hydrogen-bond donors (Lipinski definition) is 2. The monoisotopic (exact) mass is 328 g/mol. The maximum absolute atomic E-state index is 12.2. The Morgan fingerprint density at radius 3 is 2.86 bits per heavy atom. The van der Waals surface area contributed by atoms with Crippen molar-refractivity contribution in [3.63, 3.8) is 0 Å². The number of aliphatic hydroxyl groups is 1. The van der Waals surface area contributed by atoms with Gasteiger partial charge in [-0.3, -0.25) is 0 Å². The Morgan fingerprint density at radius 2 is 2.29 bits per heavy atom. The van der Waals surface area contributed by atoms with E-state index in [2.05, 4.69) is 5.32 Å². The van der Waals surface area contributed by atoms with Crippen LogP contribution in [0.4, 0.5) is 10.5 Å². The highest BCUT2D eigenvalue weighted by Crippen LogP contribution is 2.28. The van der Waals surface area contributed by atoms with Gasteiger partial charge in [0, 0.05) is 30.1 Å². The van der Waals surface area contributed by atoms with E-state index >= 15 is 0 Å². The Balaban J connectivity index is 1.92. The van der Waals surface area contributed by atoms with Crippen molar-refractivity contribution in [1.82, 2.24) is 4.90 Å². The third-order valence-corrected chi connectivity index (χ3v) is 5.10. The lowest BCUT2D eigenvalue weighted by Crippen LogP contribution is -2.37. The third kappa shape index (κ3) is 4.28. The summed E-state index contributed by atoms with van der Waals surface area (Å²) >= 11 is 7.70. The van der Waals surface area contributed by atoms with E-state index in [0.29, 0.717) is 17.3 Å². The largest absolute Gasteiger partial charge is 0.393 e. The fourth-order valence-corrected chi connectivity index (χ4v) is 3.50. The SMILES string of the molecule is CSc1ccc(NC(=O)N(C)CC2CCCC2O)cc1Cl. The summed E-state index contributed by atoms with van der Waals surface area (Å²) in [6.07, 6.45) is 4.53. The first-order chi connectivity index (χ1) is 10.0. The zero-order valence-electron chi connectivity index (χ0n) is 12.3. The van der Waals surface area contributed by atoms with E-state index in [1.807, 2.05) is 18.4 Å². The molecule has 2 rings (SSSR count). The third-order valence-electron chi connectivity index (χ3n) is 3.88. The molecule has 1 aliphatic carbocycles. The molecule has 1 aliphatic rings. The average Bonchev–Trinajstić information content (AvgIpc) is 2.84. The van der Waals surface area contributed by atoms with E-state index in [1.165, 1.54) is 0 Å². The van der Waals surface area contributed by atoms with E-state index in [9.17, 15) is 9.90 Å². The van der Waals surface area contributed by atoms with Crippen LogP contribution in [0.25, 0.3) is 0 Å². The number of aliphatic hydroxyl groups excluding tert-OH is 1. The van der Waals surface area contributed by atoms with Crippen molar-refractivity contribution < 1.29 is 9.90 Å². The van der Waals surface area contributed by atoms with E-state index in [-0.39, 0.29) is 18.1 Å². The molecule has 0 saturated heterocycles. The maximum atomic E-state index is 12.2. The molecule has 2 atom stereocenters. The summed E-state index contributed by atoms with van der Waals surface area (Å²) in [5.74, 6) is 0.184. The zero-order chi connectivity index (χ0) is 15.4. The molecule has 0 radical (unpaired) electrons. The fraction of sp³-hybridized carbons (Fsp3) is 0.533. The van der Waals surface area contributed by atoms with Crippen molar-refractivity contribution in [2.75, 3.05) is 25.2 Å². The summed E-state index contributed by atoms with van der Waals surface area (Å²) in [7, 11) is 1.75. The molecule has 2 unspecified atom stereocenters. The summed E-state index contributed by atoms with van der Waals surface area (Å²) in [5, 5.41) is 13.3. The Kier molecular flexibility index (Phi) is 5.79. The number of anilines is 1. The van der Waals surface area contributed by atoms with Crippen LogP contribution in [0, 0.1) is 5.92 Å². The number of halogens is 1.